The fourth-order valence-electron chi connectivity index (χ4n) is 7.98. The van der Waals surface area contributed by atoms with Gasteiger partial charge < -0.3 is 43.7 Å². The van der Waals surface area contributed by atoms with Crippen LogP contribution in [0.3, 0.4) is 0 Å². The van der Waals surface area contributed by atoms with Crippen molar-refractivity contribution in [1.82, 2.24) is 10.2 Å². The summed E-state index contributed by atoms with van der Waals surface area (Å²) in [6.45, 7) is 13.4. The zero-order valence-corrected chi connectivity index (χ0v) is 38.4. The van der Waals surface area contributed by atoms with Gasteiger partial charge in [0, 0.05) is 24.2 Å². The van der Waals surface area contributed by atoms with Crippen molar-refractivity contribution in [3.8, 4) is 0 Å². The summed E-state index contributed by atoms with van der Waals surface area (Å²) in [7, 11) is 0. The van der Waals surface area contributed by atoms with E-state index in [1.807, 2.05) is 193 Å². The van der Waals surface area contributed by atoms with Crippen LogP contribution in [0.4, 0.5) is 4.79 Å². The molecule has 0 spiro atoms. The van der Waals surface area contributed by atoms with Crippen LogP contribution in [0.25, 0.3) is 0 Å². The summed E-state index contributed by atoms with van der Waals surface area (Å²) < 4.78 is 39.8. The molecule has 342 valence electrons. The zero-order chi connectivity index (χ0) is 45.4. The van der Waals surface area contributed by atoms with E-state index in [9.17, 15) is 9.90 Å². The van der Waals surface area contributed by atoms with Gasteiger partial charge in [-0.3, -0.25) is 0 Å². The second-order valence-corrected chi connectivity index (χ2v) is 18.8. The first-order valence-corrected chi connectivity index (χ1v) is 22.4. The van der Waals surface area contributed by atoms with Crippen molar-refractivity contribution in [2.75, 3.05) is 19.8 Å². The number of amides is 1. The lowest BCUT2D eigenvalue weighted by Gasteiger charge is -2.51. The van der Waals surface area contributed by atoms with E-state index >= 15 is 0 Å². The maximum atomic E-state index is 14.0. The molecule has 10 heteroatoms. The summed E-state index contributed by atoms with van der Waals surface area (Å²) in [6, 6.07) is 48.9. The van der Waals surface area contributed by atoms with Crippen molar-refractivity contribution in [1.29, 1.82) is 0 Å². The number of hydrogen-bond acceptors (Lipinski definition) is 9. The monoisotopic (exact) mass is 872 g/mol. The highest BCUT2D eigenvalue weighted by Gasteiger charge is 2.55. The highest BCUT2D eigenvalue weighted by molar-refractivity contribution is 5.69. The van der Waals surface area contributed by atoms with Gasteiger partial charge in [0.15, 0.2) is 0 Å². The summed E-state index contributed by atoms with van der Waals surface area (Å²) in [4.78, 5) is 15.8. The molecule has 1 fully saturated rings. The molecule has 6 atom stereocenters. The molecule has 1 amide bonds. The lowest BCUT2D eigenvalue weighted by Crippen LogP contribution is -2.70. The highest BCUT2D eigenvalue weighted by Crippen LogP contribution is 2.38. The normalized spacial score (nSPS) is 20.7. The Hall–Kier alpha value is -4.91. The molecule has 2 N–H and O–H groups in total. The molecule has 5 aromatic rings. The van der Waals surface area contributed by atoms with Crippen molar-refractivity contribution in [2.24, 2.45) is 0 Å². The zero-order valence-electron chi connectivity index (χ0n) is 38.4. The number of rotatable bonds is 21. The average Bonchev–Trinajstić information content (AvgIpc) is 3.27. The first-order chi connectivity index (χ1) is 30.8. The molecule has 0 heterocycles. The molecule has 64 heavy (non-hydrogen) atoms. The summed E-state index contributed by atoms with van der Waals surface area (Å²) in [5.74, 6) is 0. The van der Waals surface area contributed by atoms with Crippen molar-refractivity contribution in [2.45, 2.75) is 128 Å². The lowest BCUT2D eigenvalue weighted by atomic mass is 9.75. The van der Waals surface area contributed by atoms with Crippen LogP contribution in [0.2, 0.25) is 0 Å². The van der Waals surface area contributed by atoms with E-state index in [-0.39, 0.29) is 46.0 Å². The van der Waals surface area contributed by atoms with Gasteiger partial charge in [-0.25, -0.2) is 4.79 Å². The maximum Gasteiger partial charge on any atom is 0.410 e. The number of benzene rings is 5. The smallest absolute Gasteiger partial charge is 0.410 e. The van der Waals surface area contributed by atoms with Gasteiger partial charge in [0.05, 0.1) is 46.2 Å². The Bertz CT molecular complexity index is 2080. The number of ether oxygens (including phenoxy) is 6. The first-order valence-electron chi connectivity index (χ1n) is 22.4. The van der Waals surface area contributed by atoms with Gasteiger partial charge >= 0.3 is 6.09 Å². The number of carbonyl (C=O) groups excluding carboxylic acids is 1. The van der Waals surface area contributed by atoms with Crippen LogP contribution in [0, 0.1) is 0 Å². The number of hydrogen-bond donors (Lipinski definition) is 2. The van der Waals surface area contributed by atoms with Crippen LogP contribution in [0.15, 0.2) is 152 Å². The first kappa shape index (κ1) is 48.5. The van der Waals surface area contributed by atoms with Gasteiger partial charge in [-0.15, -0.1) is 0 Å². The fraction of sp³-hybridized carbons (Fsp3) is 0.426. The molecule has 0 saturated heterocycles. The van der Waals surface area contributed by atoms with Gasteiger partial charge in [0.2, 0.25) is 0 Å². The summed E-state index contributed by atoms with van der Waals surface area (Å²) in [5.41, 5.74) is 2.04. The minimum absolute atomic E-state index is 0.0443. The third-order valence-electron chi connectivity index (χ3n) is 11.1. The number of aliphatic hydroxyl groups is 1. The molecule has 0 bridgehead atoms. The Morgan fingerprint density at radius 3 is 1.45 bits per heavy atom. The van der Waals surface area contributed by atoms with Crippen molar-refractivity contribution >= 4 is 6.09 Å². The number of nitrogens with one attached hydrogen (secondary N) is 1. The van der Waals surface area contributed by atoms with E-state index in [0.29, 0.717) is 13.2 Å². The van der Waals surface area contributed by atoms with Gasteiger partial charge in [0.1, 0.15) is 29.5 Å². The second kappa shape index (κ2) is 23.3. The molecule has 1 aliphatic rings. The summed E-state index contributed by atoms with van der Waals surface area (Å²) in [6.07, 6.45) is -2.59. The Morgan fingerprint density at radius 1 is 0.609 bits per heavy atom. The Morgan fingerprint density at radius 2 is 1.02 bits per heavy atom. The van der Waals surface area contributed by atoms with Gasteiger partial charge in [-0.05, 0) is 75.8 Å². The van der Waals surface area contributed by atoms with E-state index < -0.39 is 53.2 Å². The summed E-state index contributed by atoms with van der Waals surface area (Å²) >= 11 is 0. The minimum Gasteiger partial charge on any atom is -0.444 e. The van der Waals surface area contributed by atoms with Crippen LogP contribution < -0.4 is 5.32 Å². The van der Waals surface area contributed by atoms with E-state index in [2.05, 4.69) is 5.32 Å². The van der Waals surface area contributed by atoms with Gasteiger partial charge in [-0.1, -0.05) is 152 Å². The van der Waals surface area contributed by atoms with E-state index in [0.717, 1.165) is 27.8 Å². The molecule has 0 aromatic heterocycles. The molecule has 0 aliphatic heterocycles. The standard InChI is InChI=1S/C54H68N2O8/c1-52(2,3)56(51(57)64-53(4,5)6)33-46(39-59-34-41-22-12-7-13-23-41)55-47-32-54(58,40-60-35-42-24-14-8-15-25-42)50(63-38-45-30-20-11-21-31-45)49(62-37-44-28-18-10-19-29-44)48(47)61-36-43-26-16-9-17-27-43/h7-31,46-50,55,58H,32-40H2,1-6H3/t46-,47?,48-,49+,50-,54-/m0/s1. The quantitative estimate of drug-likeness (QED) is 0.0746. The molecule has 1 aliphatic carbocycles. The molecule has 1 saturated carbocycles. The SMILES string of the molecule is CC(C)(C)OC(=O)N(C[C@@H](COCc1ccccc1)NC1C[C@](O)(COCc2ccccc2)[C@@H](OCc2ccccc2)[C@H](OCc2ccccc2)[C@H]1OCc1ccccc1)C(C)(C)C. The van der Waals surface area contributed by atoms with Gasteiger partial charge in [0.25, 0.3) is 0 Å². The lowest BCUT2D eigenvalue weighted by molar-refractivity contribution is -0.256. The number of carbonyl (C=O) groups is 1. The summed E-state index contributed by atoms with van der Waals surface area (Å²) in [5, 5.41) is 17.1. The van der Waals surface area contributed by atoms with Crippen LogP contribution in [0.1, 0.15) is 75.8 Å². The largest absolute Gasteiger partial charge is 0.444 e. The molecule has 6 rings (SSSR count). The second-order valence-electron chi connectivity index (χ2n) is 18.8. The molecular formula is C54H68N2O8. The van der Waals surface area contributed by atoms with Crippen molar-refractivity contribution < 1.29 is 38.3 Å². The molecule has 0 radical (unpaired) electrons. The van der Waals surface area contributed by atoms with Crippen molar-refractivity contribution in [3.63, 3.8) is 0 Å². The minimum atomic E-state index is -1.57. The predicted molar refractivity (Wildman–Crippen MR) is 250 cm³/mol. The third-order valence-corrected chi connectivity index (χ3v) is 11.1. The highest BCUT2D eigenvalue weighted by atomic mass is 16.6. The third kappa shape index (κ3) is 15.1. The predicted octanol–water partition coefficient (Wildman–Crippen LogP) is 9.67. The molecular weight excluding hydrogens is 805 g/mol. The number of nitrogens with zero attached hydrogens (tertiary/aromatic N) is 1. The van der Waals surface area contributed by atoms with Crippen molar-refractivity contribution in [3.05, 3.63) is 179 Å². The van der Waals surface area contributed by atoms with Crippen LogP contribution in [-0.2, 0) is 61.5 Å². The topological polar surface area (TPSA) is 108 Å². The van der Waals surface area contributed by atoms with E-state index in [1.165, 1.54) is 0 Å². The molecule has 1 unspecified atom stereocenters. The average molecular weight is 873 g/mol. The Labute approximate surface area is 380 Å². The van der Waals surface area contributed by atoms with Crippen LogP contribution >= 0.6 is 0 Å². The molecule has 5 aromatic carbocycles. The molecule has 10 nitrogen and oxygen atoms in total. The fourth-order valence-corrected chi connectivity index (χ4v) is 7.98. The Balaban J connectivity index is 1.40. The van der Waals surface area contributed by atoms with Crippen LogP contribution in [-0.4, -0.2) is 83.0 Å². The maximum absolute atomic E-state index is 14.0. The Kier molecular flexibility index (Phi) is 17.7. The van der Waals surface area contributed by atoms with Gasteiger partial charge in [-0.2, -0.15) is 0 Å². The van der Waals surface area contributed by atoms with E-state index in [1.54, 1.807) is 4.90 Å². The van der Waals surface area contributed by atoms with E-state index in [4.69, 9.17) is 28.4 Å². The van der Waals surface area contributed by atoms with Crippen LogP contribution in [0.5, 0.6) is 0 Å².